The molecule has 0 bridgehead atoms. The molecule has 1 aliphatic rings. The molecule has 3 nitrogen and oxygen atoms in total. The average molecular weight is 188 g/mol. The maximum Gasteiger partial charge on any atom is 0.339 e. The molecule has 14 heavy (non-hydrogen) atoms. The van der Waals surface area contributed by atoms with Crippen LogP contribution in [-0.2, 0) is 11.2 Å². The van der Waals surface area contributed by atoms with Crippen LogP contribution in [0.4, 0.5) is 0 Å². The number of benzene rings is 1. The molecule has 0 atom stereocenters. The highest BCUT2D eigenvalue weighted by Gasteiger charge is 2.24. The summed E-state index contributed by atoms with van der Waals surface area (Å²) in [6.07, 6.45) is 1.98. The number of carboxylic acids is 1. The number of aliphatic carboxylic acids is 1. The Balaban J connectivity index is 2.50. The van der Waals surface area contributed by atoms with Crippen molar-refractivity contribution in [2.75, 3.05) is 0 Å². The molecule has 0 unspecified atom stereocenters. The Bertz CT molecular complexity index is 444. The van der Waals surface area contributed by atoms with Crippen molar-refractivity contribution in [2.24, 2.45) is 0 Å². The second kappa shape index (κ2) is 3.10. The summed E-state index contributed by atoms with van der Waals surface area (Å²) in [7, 11) is 0. The molecule has 0 aliphatic heterocycles. The number of fused-ring (bicyclic) bond motifs is 1. The molecular formula is C11H8O3. The summed E-state index contributed by atoms with van der Waals surface area (Å²) in [5, 5.41) is 8.75. The summed E-state index contributed by atoms with van der Waals surface area (Å²) in [4.78, 5) is 22.3. The number of allylic oxidation sites excluding steroid dienone is 1. The van der Waals surface area contributed by atoms with Crippen molar-refractivity contribution < 1.29 is 14.7 Å². The summed E-state index contributed by atoms with van der Waals surface area (Å²) in [6, 6.07) is 7.07. The number of hydrogen-bond acceptors (Lipinski definition) is 2. The Hall–Kier alpha value is -1.90. The molecule has 1 N–H and O–H groups in total. The van der Waals surface area contributed by atoms with Crippen molar-refractivity contribution in [3.05, 3.63) is 47.0 Å². The van der Waals surface area contributed by atoms with Crippen LogP contribution in [-0.4, -0.2) is 16.9 Å². The average Bonchev–Trinajstić information content (AvgIpc) is 2.18. The van der Waals surface area contributed by atoms with Gasteiger partial charge < -0.3 is 5.11 Å². The fourth-order valence-corrected chi connectivity index (χ4v) is 1.55. The molecule has 1 aliphatic carbocycles. The quantitative estimate of drug-likeness (QED) is 0.678. The SMILES string of the molecule is O=C(O)C1=CCc2ccccc2C1=O. The Labute approximate surface area is 80.7 Å². The van der Waals surface area contributed by atoms with E-state index in [0.29, 0.717) is 12.0 Å². The molecular weight excluding hydrogens is 180 g/mol. The number of ketones is 1. The van der Waals surface area contributed by atoms with Gasteiger partial charge in [0.25, 0.3) is 0 Å². The number of rotatable bonds is 1. The van der Waals surface area contributed by atoms with E-state index in [4.69, 9.17) is 5.11 Å². The maximum absolute atomic E-state index is 11.6. The van der Waals surface area contributed by atoms with Gasteiger partial charge in [-0.15, -0.1) is 0 Å². The van der Waals surface area contributed by atoms with E-state index >= 15 is 0 Å². The summed E-state index contributed by atoms with van der Waals surface area (Å²) >= 11 is 0. The minimum absolute atomic E-state index is 0.122. The third-order valence-electron chi connectivity index (χ3n) is 2.26. The predicted molar refractivity (Wildman–Crippen MR) is 50.2 cm³/mol. The minimum Gasteiger partial charge on any atom is -0.478 e. The zero-order valence-corrected chi connectivity index (χ0v) is 7.36. The molecule has 0 radical (unpaired) electrons. The van der Waals surface area contributed by atoms with Crippen molar-refractivity contribution in [1.82, 2.24) is 0 Å². The van der Waals surface area contributed by atoms with Crippen molar-refractivity contribution in [3.63, 3.8) is 0 Å². The van der Waals surface area contributed by atoms with Gasteiger partial charge in [-0.25, -0.2) is 4.79 Å². The lowest BCUT2D eigenvalue weighted by atomic mass is 9.90. The van der Waals surface area contributed by atoms with E-state index in [1.54, 1.807) is 12.1 Å². The third kappa shape index (κ3) is 1.23. The largest absolute Gasteiger partial charge is 0.478 e. The Morgan fingerprint density at radius 2 is 2.00 bits per heavy atom. The summed E-state index contributed by atoms with van der Waals surface area (Å²) in [5.74, 6) is -1.54. The lowest BCUT2D eigenvalue weighted by Crippen LogP contribution is -2.18. The zero-order chi connectivity index (χ0) is 10.1. The van der Waals surface area contributed by atoms with E-state index in [2.05, 4.69) is 0 Å². The van der Waals surface area contributed by atoms with Gasteiger partial charge in [-0.3, -0.25) is 4.79 Å². The molecule has 3 heteroatoms. The van der Waals surface area contributed by atoms with Crippen LogP contribution in [0.5, 0.6) is 0 Å². The number of hydrogen-bond donors (Lipinski definition) is 1. The highest BCUT2D eigenvalue weighted by molar-refractivity contribution is 6.24. The topological polar surface area (TPSA) is 54.4 Å². The molecule has 0 heterocycles. The van der Waals surface area contributed by atoms with Crippen molar-refractivity contribution >= 4 is 11.8 Å². The van der Waals surface area contributed by atoms with E-state index in [9.17, 15) is 9.59 Å². The Morgan fingerprint density at radius 1 is 1.29 bits per heavy atom. The second-order valence-corrected chi connectivity index (χ2v) is 3.11. The molecule has 70 valence electrons. The molecule has 0 aromatic heterocycles. The van der Waals surface area contributed by atoms with Gasteiger partial charge in [-0.05, 0) is 12.0 Å². The number of Topliss-reactive ketones (excluding diaryl/α,β-unsaturated/α-hetero) is 1. The summed E-state index contributed by atoms with van der Waals surface area (Å²) < 4.78 is 0. The number of carbonyl (C=O) groups is 2. The van der Waals surface area contributed by atoms with Gasteiger partial charge in [-0.2, -0.15) is 0 Å². The Kier molecular flexibility index (Phi) is 1.93. The summed E-state index contributed by atoms with van der Waals surface area (Å²) in [5.41, 5.74) is 1.28. The van der Waals surface area contributed by atoms with Crippen LogP contribution in [0.25, 0.3) is 0 Å². The van der Waals surface area contributed by atoms with E-state index in [-0.39, 0.29) is 11.4 Å². The van der Waals surface area contributed by atoms with Gasteiger partial charge in [0.2, 0.25) is 0 Å². The smallest absolute Gasteiger partial charge is 0.339 e. The molecule has 0 spiro atoms. The van der Waals surface area contributed by atoms with Crippen LogP contribution in [0.15, 0.2) is 35.9 Å². The van der Waals surface area contributed by atoms with Gasteiger partial charge in [0, 0.05) is 5.56 Å². The van der Waals surface area contributed by atoms with Crippen LogP contribution >= 0.6 is 0 Å². The van der Waals surface area contributed by atoms with E-state index in [1.165, 1.54) is 6.08 Å². The van der Waals surface area contributed by atoms with E-state index in [1.807, 2.05) is 12.1 Å². The van der Waals surface area contributed by atoms with Crippen LogP contribution < -0.4 is 0 Å². The lowest BCUT2D eigenvalue weighted by molar-refractivity contribution is -0.132. The molecule has 2 rings (SSSR count). The fraction of sp³-hybridized carbons (Fsp3) is 0.0909. The monoisotopic (exact) mass is 188 g/mol. The molecule has 0 amide bonds. The van der Waals surface area contributed by atoms with E-state index in [0.717, 1.165) is 5.56 Å². The number of carboxylic acid groups (broad SMARTS) is 1. The Morgan fingerprint density at radius 3 is 2.71 bits per heavy atom. The van der Waals surface area contributed by atoms with Crippen molar-refractivity contribution in [2.45, 2.75) is 6.42 Å². The second-order valence-electron chi connectivity index (χ2n) is 3.11. The standard InChI is InChI=1S/C11H8O3/c12-10-8-4-2-1-3-7(8)5-6-9(10)11(13)14/h1-4,6H,5H2,(H,13,14). The zero-order valence-electron chi connectivity index (χ0n) is 7.36. The molecule has 0 fully saturated rings. The van der Waals surface area contributed by atoms with Crippen LogP contribution in [0.3, 0.4) is 0 Å². The fourth-order valence-electron chi connectivity index (χ4n) is 1.55. The van der Waals surface area contributed by atoms with Crippen molar-refractivity contribution in [1.29, 1.82) is 0 Å². The van der Waals surface area contributed by atoms with Crippen LogP contribution in [0.1, 0.15) is 15.9 Å². The highest BCUT2D eigenvalue weighted by Crippen LogP contribution is 2.20. The van der Waals surface area contributed by atoms with Gasteiger partial charge in [0.15, 0.2) is 5.78 Å². The first-order chi connectivity index (χ1) is 6.70. The predicted octanol–water partition coefficient (Wildman–Crippen LogP) is 1.44. The molecule has 1 aromatic carbocycles. The first-order valence-electron chi connectivity index (χ1n) is 4.26. The van der Waals surface area contributed by atoms with Crippen molar-refractivity contribution in [3.8, 4) is 0 Å². The molecule has 0 saturated carbocycles. The van der Waals surface area contributed by atoms with Gasteiger partial charge in [0.1, 0.15) is 5.57 Å². The molecule has 0 saturated heterocycles. The van der Waals surface area contributed by atoms with Crippen LogP contribution in [0, 0.1) is 0 Å². The number of carbonyl (C=O) groups excluding carboxylic acids is 1. The minimum atomic E-state index is -1.15. The van der Waals surface area contributed by atoms with Gasteiger partial charge in [0.05, 0.1) is 0 Å². The van der Waals surface area contributed by atoms with E-state index < -0.39 is 5.97 Å². The van der Waals surface area contributed by atoms with Crippen LogP contribution in [0.2, 0.25) is 0 Å². The highest BCUT2D eigenvalue weighted by atomic mass is 16.4. The maximum atomic E-state index is 11.6. The third-order valence-corrected chi connectivity index (χ3v) is 2.26. The first-order valence-corrected chi connectivity index (χ1v) is 4.26. The van der Waals surface area contributed by atoms with Gasteiger partial charge in [-0.1, -0.05) is 30.3 Å². The summed E-state index contributed by atoms with van der Waals surface area (Å²) in [6.45, 7) is 0. The van der Waals surface area contributed by atoms with Gasteiger partial charge >= 0.3 is 5.97 Å². The lowest BCUT2D eigenvalue weighted by Gasteiger charge is -2.12. The first kappa shape index (κ1) is 8.69. The molecule has 1 aromatic rings. The normalized spacial score (nSPS) is 14.6.